The van der Waals surface area contributed by atoms with Crippen LogP contribution < -0.4 is 10.2 Å². The minimum Gasteiger partial charge on any atom is -0.378 e. The van der Waals surface area contributed by atoms with Gasteiger partial charge in [-0.1, -0.05) is 19.1 Å². The van der Waals surface area contributed by atoms with Crippen LogP contribution in [0.4, 0.5) is 5.69 Å². The molecule has 0 spiro atoms. The molecule has 1 aliphatic rings. The molecule has 1 fully saturated rings. The largest absolute Gasteiger partial charge is 0.378 e. The van der Waals surface area contributed by atoms with Gasteiger partial charge in [-0.2, -0.15) is 0 Å². The zero-order chi connectivity index (χ0) is 15.9. The molecule has 1 aliphatic heterocycles. The molecular weight excluding hydrogens is 274 g/mol. The maximum Gasteiger partial charge on any atom is 0.220 e. The first-order valence-corrected chi connectivity index (χ1v) is 8.40. The van der Waals surface area contributed by atoms with Gasteiger partial charge >= 0.3 is 0 Å². The summed E-state index contributed by atoms with van der Waals surface area (Å²) in [4.78, 5) is 16.4. The zero-order valence-corrected chi connectivity index (χ0v) is 14.1. The van der Waals surface area contributed by atoms with Crippen molar-refractivity contribution in [3.63, 3.8) is 0 Å². The van der Waals surface area contributed by atoms with E-state index >= 15 is 0 Å². The van der Waals surface area contributed by atoms with Gasteiger partial charge in [-0.25, -0.2) is 0 Å². The number of carbonyl (C=O) groups is 1. The van der Waals surface area contributed by atoms with Crippen LogP contribution in [0.2, 0.25) is 0 Å². The summed E-state index contributed by atoms with van der Waals surface area (Å²) in [6.07, 6.45) is 4.04. The quantitative estimate of drug-likeness (QED) is 0.841. The monoisotopic (exact) mass is 303 g/mol. The second kappa shape index (κ2) is 8.18. The number of anilines is 1. The second-order valence-corrected chi connectivity index (χ2v) is 6.30. The topological polar surface area (TPSA) is 35.6 Å². The Kier molecular flexibility index (Phi) is 6.25. The number of likely N-dealkylation sites (tertiary alicyclic amines) is 1. The highest BCUT2D eigenvalue weighted by Crippen LogP contribution is 2.26. The molecule has 0 saturated carbocycles. The van der Waals surface area contributed by atoms with Crippen molar-refractivity contribution in [3.05, 3.63) is 29.8 Å². The maximum atomic E-state index is 11.8. The molecule has 1 amide bonds. The summed E-state index contributed by atoms with van der Waals surface area (Å²) in [5.74, 6) is 0.164. The standard InChI is InChI=1S/C18H29N3O/c1-4-7-18(22)19-14-17(21-12-5-6-13-21)15-8-10-16(11-9-15)20(2)3/h8-11,17H,4-7,12-14H2,1-3H3,(H,19,22). The number of nitrogens with one attached hydrogen (secondary N) is 1. The lowest BCUT2D eigenvalue weighted by molar-refractivity contribution is -0.121. The number of benzene rings is 1. The normalized spacial score (nSPS) is 16.5. The Balaban J connectivity index is 2.07. The Labute approximate surface area is 134 Å². The highest BCUT2D eigenvalue weighted by molar-refractivity contribution is 5.75. The first-order valence-electron chi connectivity index (χ1n) is 8.40. The van der Waals surface area contributed by atoms with Crippen molar-refractivity contribution < 1.29 is 4.79 Å². The van der Waals surface area contributed by atoms with Gasteiger partial charge in [-0.05, 0) is 50.0 Å². The molecule has 0 bridgehead atoms. The average molecular weight is 303 g/mol. The van der Waals surface area contributed by atoms with Gasteiger partial charge in [0.15, 0.2) is 0 Å². The molecule has 1 heterocycles. The molecule has 4 nitrogen and oxygen atoms in total. The Morgan fingerprint density at radius 2 is 1.86 bits per heavy atom. The van der Waals surface area contributed by atoms with Gasteiger partial charge < -0.3 is 10.2 Å². The Bertz CT molecular complexity index is 464. The van der Waals surface area contributed by atoms with E-state index in [1.807, 2.05) is 6.92 Å². The van der Waals surface area contributed by atoms with Crippen LogP contribution in [0.1, 0.15) is 44.2 Å². The van der Waals surface area contributed by atoms with Crippen molar-refractivity contribution in [2.45, 2.75) is 38.6 Å². The van der Waals surface area contributed by atoms with Crippen LogP contribution in [-0.2, 0) is 4.79 Å². The first-order chi connectivity index (χ1) is 10.6. The van der Waals surface area contributed by atoms with Crippen LogP contribution in [0.25, 0.3) is 0 Å². The molecule has 1 aromatic carbocycles. The zero-order valence-electron chi connectivity index (χ0n) is 14.1. The van der Waals surface area contributed by atoms with E-state index in [9.17, 15) is 4.79 Å². The Morgan fingerprint density at radius 1 is 1.23 bits per heavy atom. The van der Waals surface area contributed by atoms with E-state index in [0.29, 0.717) is 19.0 Å². The number of rotatable bonds is 7. The average Bonchev–Trinajstić information content (AvgIpc) is 3.02. The van der Waals surface area contributed by atoms with E-state index < -0.39 is 0 Å². The Hall–Kier alpha value is -1.55. The summed E-state index contributed by atoms with van der Waals surface area (Å²) in [7, 11) is 4.11. The van der Waals surface area contributed by atoms with E-state index in [1.54, 1.807) is 0 Å². The highest BCUT2D eigenvalue weighted by atomic mass is 16.1. The third-order valence-electron chi connectivity index (χ3n) is 4.35. The van der Waals surface area contributed by atoms with Crippen molar-refractivity contribution in [3.8, 4) is 0 Å². The number of amides is 1. The molecule has 1 N–H and O–H groups in total. The number of nitrogens with zero attached hydrogens (tertiary/aromatic N) is 2. The van der Waals surface area contributed by atoms with E-state index in [4.69, 9.17) is 0 Å². The van der Waals surface area contributed by atoms with E-state index in [-0.39, 0.29) is 5.91 Å². The minimum atomic E-state index is 0.164. The molecule has 1 saturated heterocycles. The minimum absolute atomic E-state index is 0.164. The molecular formula is C18H29N3O. The molecule has 0 aromatic heterocycles. The predicted molar refractivity (Wildman–Crippen MR) is 92.2 cm³/mol. The summed E-state index contributed by atoms with van der Waals surface area (Å²) in [5.41, 5.74) is 2.50. The lowest BCUT2D eigenvalue weighted by Crippen LogP contribution is -2.36. The highest BCUT2D eigenvalue weighted by Gasteiger charge is 2.23. The molecule has 2 rings (SSSR count). The summed E-state index contributed by atoms with van der Waals surface area (Å²) in [6.45, 7) is 5.01. The summed E-state index contributed by atoms with van der Waals surface area (Å²) >= 11 is 0. The van der Waals surface area contributed by atoms with E-state index in [0.717, 1.165) is 19.5 Å². The van der Waals surface area contributed by atoms with Crippen LogP contribution in [0.15, 0.2) is 24.3 Å². The van der Waals surface area contributed by atoms with Crippen molar-refractivity contribution in [1.82, 2.24) is 10.2 Å². The summed E-state index contributed by atoms with van der Waals surface area (Å²) in [5, 5.41) is 3.11. The van der Waals surface area contributed by atoms with Crippen molar-refractivity contribution >= 4 is 11.6 Å². The molecule has 4 heteroatoms. The number of hydrogen-bond donors (Lipinski definition) is 1. The number of hydrogen-bond acceptors (Lipinski definition) is 3. The van der Waals surface area contributed by atoms with Gasteiger partial charge in [0.05, 0.1) is 6.04 Å². The second-order valence-electron chi connectivity index (χ2n) is 6.30. The van der Waals surface area contributed by atoms with Gasteiger partial charge in [0.25, 0.3) is 0 Å². The van der Waals surface area contributed by atoms with Crippen LogP contribution in [0.3, 0.4) is 0 Å². The van der Waals surface area contributed by atoms with Crippen molar-refractivity contribution in [2.24, 2.45) is 0 Å². The molecule has 0 aliphatic carbocycles. The van der Waals surface area contributed by atoms with Crippen molar-refractivity contribution in [2.75, 3.05) is 38.6 Å². The fourth-order valence-corrected chi connectivity index (χ4v) is 3.03. The summed E-state index contributed by atoms with van der Waals surface area (Å²) < 4.78 is 0. The fraction of sp³-hybridized carbons (Fsp3) is 0.611. The third-order valence-corrected chi connectivity index (χ3v) is 4.35. The lowest BCUT2D eigenvalue weighted by atomic mass is 10.0. The lowest BCUT2D eigenvalue weighted by Gasteiger charge is -2.28. The van der Waals surface area contributed by atoms with Gasteiger partial charge in [0.2, 0.25) is 5.91 Å². The SMILES string of the molecule is CCCC(=O)NCC(c1ccc(N(C)C)cc1)N1CCCC1. The fourth-order valence-electron chi connectivity index (χ4n) is 3.03. The van der Waals surface area contributed by atoms with E-state index in [1.165, 1.54) is 24.1 Å². The smallest absolute Gasteiger partial charge is 0.220 e. The maximum absolute atomic E-state index is 11.8. The van der Waals surface area contributed by atoms with Gasteiger partial charge in [-0.3, -0.25) is 9.69 Å². The van der Waals surface area contributed by atoms with Crippen LogP contribution >= 0.6 is 0 Å². The molecule has 1 aromatic rings. The third kappa shape index (κ3) is 4.47. The van der Waals surface area contributed by atoms with Crippen LogP contribution in [-0.4, -0.2) is 44.5 Å². The molecule has 1 unspecified atom stereocenters. The molecule has 22 heavy (non-hydrogen) atoms. The molecule has 1 atom stereocenters. The number of carbonyl (C=O) groups excluding carboxylic acids is 1. The van der Waals surface area contributed by atoms with E-state index in [2.05, 4.69) is 53.5 Å². The van der Waals surface area contributed by atoms with Gasteiger partial charge in [-0.15, -0.1) is 0 Å². The Morgan fingerprint density at radius 3 is 2.41 bits per heavy atom. The summed E-state index contributed by atoms with van der Waals surface area (Å²) in [6, 6.07) is 9.01. The molecule has 122 valence electrons. The van der Waals surface area contributed by atoms with Gasteiger partial charge in [0, 0.05) is 32.7 Å². The molecule has 0 radical (unpaired) electrons. The first kappa shape index (κ1) is 16.8. The van der Waals surface area contributed by atoms with Crippen molar-refractivity contribution in [1.29, 1.82) is 0 Å². The predicted octanol–water partition coefficient (Wildman–Crippen LogP) is 2.81. The van der Waals surface area contributed by atoms with Crippen LogP contribution in [0.5, 0.6) is 0 Å². The van der Waals surface area contributed by atoms with Gasteiger partial charge in [0.1, 0.15) is 0 Å². The van der Waals surface area contributed by atoms with Crippen LogP contribution in [0, 0.1) is 0 Å².